The predicted molar refractivity (Wildman–Crippen MR) is 71.9 cm³/mol. The molecule has 2 heterocycles. The second-order valence-electron chi connectivity index (χ2n) is 3.94. The Hall–Kier alpha value is -3.04. The minimum atomic E-state index is -0.665. The topological polar surface area (TPSA) is 145 Å². The Morgan fingerprint density at radius 2 is 1.85 bits per heavy atom. The van der Waals surface area contributed by atoms with Gasteiger partial charge >= 0.3 is 5.69 Å². The van der Waals surface area contributed by atoms with Crippen LogP contribution in [0.5, 0.6) is 0 Å². The molecule has 0 amide bonds. The van der Waals surface area contributed by atoms with E-state index in [1.807, 2.05) is 13.8 Å². The molecule has 2 aromatic heterocycles. The number of nitrogen functional groups attached to an aromatic ring is 1. The summed E-state index contributed by atoms with van der Waals surface area (Å²) in [5.41, 5.74) is 11.8. The molecule has 0 atom stereocenters. The zero-order valence-electron chi connectivity index (χ0n) is 10.8. The molecule has 2 rings (SSSR count). The largest absolute Gasteiger partial charge is 0.378 e. The van der Waals surface area contributed by atoms with Crippen molar-refractivity contribution in [3.8, 4) is 0 Å². The van der Waals surface area contributed by atoms with Crippen molar-refractivity contribution in [2.24, 2.45) is 0 Å². The summed E-state index contributed by atoms with van der Waals surface area (Å²) in [6.07, 6.45) is 1.12. The molecule has 10 heteroatoms. The first-order valence-electron chi connectivity index (χ1n) is 5.56. The van der Waals surface area contributed by atoms with E-state index in [-0.39, 0.29) is 17.6 Å². The second kappa shape index (κ2) is 5.30. The maximum absolute atomic E-state index is 10.9. The average molecular weight is 276 g/mol. The summed E-state index contributed by atoms with van der Waals surface area (Å²) in [6.45, 7) is 3.62. The molecule has 0 aliphatic carbocycles. The predicted octanol–water partition coefficient (Wildman–Crippen LogP) is 0.813. The maximum atomic E-state index is 10.9. The summed E-state index contributed by atoms with van der Waals surface area (Å²) in [7, 11) is 0. The lowest BCUT2D eigenvalue weighted by Gasteiger charge is -2.09. The molecule has 0 fully saturated rings. The summed E-state index contributed by atoms with van der Waals surface area (Å²) >= 11 is 0. The fourth-order valence-corrected chi connectivity index (χ4v) is 1.56. The standard InChI is InChI=1S/C10H12N8O2/c1-5-3-6(2)15-10(14-5)17-16-9-7(18(19)20)8(11)12-4-13-9/h3-4H,1-2H3,(H,14,15,17)(H3,11,12,13,16). The SMILES string of the molecule is Cc1cc(C)nc(NNc2ncnc(N)c2[N+](=O)[O-])n1. The van der Waals surface area contributed by atoms with Gasteiger partial charge in [0.25, 0.3) is 0 Å². The third kappa shape index (κ3) is 2.85. The number of aromatic nitrogens is 4. The Balaban J connectivity index is 2.23. The van der Waals surface area contributed by atoms with Crippen molar-refractivity contribution in [1.29, 1.82) is 0 Å². The first-order chi connectivity index (χ1) is 9.47. The number of nitrogens with one attached hydrogen (secondary N) is 2. The van der Waals surface area contributed by atoms with Crippen molar-refractivity contribution in [3.05, 3.63) is 33.9 Å². The van der Waals surface area contributed by atoms with Crippen LogP contribution in [0.3, 0.4) is 0 Å². The van der Waals surface area contributed by atoms with Crippen molar-refractivity contribution in [1.82, 2.24) is 19.9 Å². The Kier molecular flexibility index (Phi) is 3.55. The van der Waals surface area contributed by atoms with Crippen LogP contribution in [0.25, 0.3) is 0 Å². The van der Waals surface area contributed by atoms with Crippen molar-refractivity contribution in [2.45, 2.75) is 13.8 Å². The normalized spacial score (nSPS) is 10.1. The van der Waals surface area contributed by atoms with E-state index in [4.69, 9.17) is 5.73 Å². The molecule has 0 saturated heterocycles. The van der Waals surface area contributed by atoms with Gasteiger partial charge in [0.15, 0.2) is 0 Å². The van der Waals surface area contributed by atoms with Crippen LogP contribution in [0.4, 0.5) is 23.3 Å². The summed E-state index contributed by atoms with van der Waals surface area (Å²) in [4.78, 5) is 25.8. The third-order valence-electron chi connectivity index (χ3n) is 2.31. The van der Waals surface area contributed by atoms with Crippen molar-refractivity contribution >= 4 is 23.3 Å². The number of anilines is 3. The third-order valence-corrected chi connectivity index (χ3v) is 2.31. The Labute approximate surface area is 113 Å². The average Bonchev–Trinajstić information content (AvgIpc) is 2.34. The van der Waals surface area contributed by atoms with E-state index < -0.39 is 10.6 Å². The molecule has 2 aromatic rings. The van der Waals surface area contributed by atoms with Crippen LogP contribution in [-0.4, -0.2) is 24.9 Å². The molecule has 104 valence electrons. The molecule has 0 radical (unpaired) electrons. The van der Waals surface area contributed by atoms with Crippen LogP contribution < -0.4 is 16.6 Å². The van der Waals surface area contributed by atoms with Crippen molar-refractivity contribution in [3.63, 3.8) is 0 Å². The van der Waals surface area contributed by atoms with Gasteiger partial charge in [-0.2, -0.15) is 0 Å². The fraction of sp³-hybridized carbons (Fsp3) is 0.200. The maximum Gasteiger partial charge on any atom is 0.354 e. The van der Waals surface area contributed by atoms with E-state index in [1.165, 1.54) is 0 Å². The fourth-order valence-electron chi connectivity index (χ4n) is 1.56. The number of aryl methyl sites for hydroxylation is 2. The molecule has 0 unspecified atom stereocenters. The van der Waals surface area contributed by atoms with Gasteiger partial charge in [0.2, 0.25) is 17.6 Å². The minimum absolute atomic E-state index is 0.0646. The van der Waals surface area contributed by atoms with Gasteiger partial charge in [-0.25, -0.2) is 19.9 Å². The molecule has 4 N–H and O–H groups in total. The van der Waals surface area contributed by atoms with E-state index in [1.54, 1.807) is 6.07 Å². The van der Waals surface area contributed by atoms with E-state index in [9.17, 15) is 10.1 Å². The van der Waals surface area contributed by atoms with E-state index in [0.29, 0.717) is 0 Å². The Bertz CT molecular complexity index is 639. The molecule has 0 aliphatic heterocycles. The molecule has 20 heavy (non-hydrogen) atoms. The molecular formula is C10H12N8O2. The molecule has 0 aliphatic rings. The van der Waals surface area contributed by atoms with Crippen molar-refractivity contribution in [2.75, 3.05) is 16.6 Å². The van der Waals surface area contributed by atoms with Gasteiger partial charge in [-0.3, -0.25) is 21.0 Å². The van der Waals surface area contributed by atoms with Gasteiger partial charge in [0.1, 0.15) is 6.33 Å². The van der Waals surface area contributed by atoms with Gasteiger partial charge in [-0.05, 0) is 19.9 Å². The summed E-state index contributed by atoms with van der Waals surface area (Å²) in [6, 6.07) is 1.80. The molecule has 0 bridgehead atoms. The number of nitrogens with two attached hydrogens (primary N) is 1. The molecule has 10 nitrogen and oxygen atoms in total. The quantitative estimate of drug-likeness (QED) is 0.545. The van der Waals surface area contributed by atoms with Crippen molar-refractivity contribution < 1.29 is 4.92 Å². The van der Waals surface area contributed by atoms with Crippen LogP contribution in [0.15, 0.2) is 12.4 Å². The zero-order valence-corrected chi connectivity index (χ0v) is 10.8. The minimum Gasteiger partial charge on any atom is -0.378 e. The first kappa shape index (κ1) is 13.4. The monoisotopic (exact) mass is 276 g/mol. The smallest absolute Gasteiger partial charge is 0.354 e. The number of hydrogen-bond donors (Lipinski definition) is 3. The van der Waals surface area contributed by atoms with Gasteiger partial charge < -0.3 is 5.73 Å². The lowest BCUT2D eigenvalue weighted by Crippen LogP contribution is -2.15. The van der Waals surface area contributed by atoms with Gasteiger partial charge in [-0.1, -0.05) is 0 Å². The first-order valence-corrected chi connectivity index (χ1v) is 5.56. The lowest BCUT2D eigenvalue weighted by atomic mass is 10.4. The molecule has 0 aromatic carbocycles. The van der Waals surface area contributed by atoms with E-state index in [2.05, 4.69) is 30.8 Å². The van der Waals surface area contributed by atoms with Crippen LogP contribution >= 0.6 is 0 Å². The molecule has 0 spiro atoms. The zero-order chi connectivity index (χ0) is 14.7. The Morgan fingerprint density at radius 1 is 1.20 bits per heavy atom. The highest BCUT2D eigenvalue weighted by Gasteiger charge is 2.20. The molecule has 0 saturated carbocycles. The number of nitro groups is 1. The lowest BCUT2D eigenvalue weighted by molar-refractivity contribution is -0.383. The van der Waals surface area contributed by atoms with E-state index >= 15 is 0 Å². The Morgan fingerprint density at radius 3 is 2.45 bits per heavy atom. The van der Waals surface area contributed by atoms with Crippen LogP contribution in [0, 0.1) is 24.0 Å². The number of nitrogens with zero attached hydrogens (tertiary/aromatic N) is 5. The van der Waals surface area contributed by atoms with Gasteiger partial charge in [-0.15, -0.1) is 0 Å². The van der Waals surface area contributed by atoms with Crippen LogP contribution in [0.1, 0.15) is 11.4 Å². The highest BCUT2D eigenvalue weighted by atomic mass is 16.6. The number of rotatable bonds is 4. The van der Waals surface area contributed by atoms with Crippen LogP contribution in [0.2, 0.25) is 0 Å². The van der Waals surface area contributed by atoms with Crippen LogP contribution in [-0.2, 0) is 0 Å². The number of hydrogen-bond acceptors (Lipinski definition) is 9. The number of hydrazine groups is 1. The highest BCUT2D eigenvalue weighted by Crippen LogP contribution is 2.25. The highest BCUT2D eigenvalue weighted by molar-refractivity contribution is 5.68. The molecular weight excluding hydrogens is 264 g/mol. The summed E-state index contributed by atoms with van der Waals surface area (Å²) in [5, 5.41) is 10.9. The van der Waals surface area contributed by atoms with Gasteiger partial charge in [0.05, 0.1) is 4.92 Å². The van der Waals surface area contributed by atoms with E-state index in [0.717, 1.165) is 17.7 Å². The van der Waals surface area contributed by atoms with Gasteiger partial charge in [0, 0.05) is 11.4 Å². The summed E-state index contributed by atoms with van der Waals surface area (Å²) < 4.78 is 0. The summed E-state index contributed by atoms with van der Waals surface area (Å²) in [5.74, 6) is -0.0186. The second-order valence-corrected chi connectivity index (χ2v) is 3.94.